The van der Waals surface area contributed by atoms with Crippen LogP contribution < -0.4 is 0 Å². The number of hydrogen-bond acceptors (Lipinski definition) is 6. The molecule has 5 rings (SSSR count). The van der Waals surface area contributed by atoms with Gasteiger partial charge in [-0.15, -0.1) is 12.3 Å². The van der Waals surface area contributed by atoms with E-state index >= 15 is 0 Å². The first-order valence-electron chi connectivity index (χ1n) is 17.6. The van der Waals surface area contributed by atoms with Crippen LogP contribution in [0.5, 0.6) is 0 Å². The van der Waals surface area contributed by atoms with Crippen LogP contribution in [0.15, 0.2) is 60.7 Å². The molecule has 2 aromatic carbocycles. The molecule has 0 aromatic heterocycles. The Balaban J connectivity index is 1.11. The SMILES string of the molecule is C#CCCN(CCC[N+](C)(Cc1ccccc1)Cc1ccccc1)C(=O)OC1CCC2(CC1)OOC1(CCC(C(C)(C)C)CC1)OO2. The van der Waals surface area contributed by atoms with Gasteiger partial charge in [-0.2, -0.15) is 19.6 Å². The van der Waals surface area contributed by atoms with Crippen molar-refractivity contribution in [2.24, 2.45) is 11.3 Å². The second-order valence-electron chi connectivity index (χ2n) is 15.3. The van der Waals surface area contributed by atoms with E-state index in [0.717, 1.165) is 56.2 Å². The van der Waals surface area contributed by atoms with Gasteiger partial charge in [0.2, 0.25) is 11.6 Å². The van der Waals surface area contributed by atoms with E-state index in [4.69, 9.17) is 30.7 Å². The maximum Gasteiger partial charge on any atom is 0.410 e. The van der Waals surface area contributed by atoms with Crippen molar-refractivity contribution in [1.82, 2.24) is 4.90 Å². The number of ether oxygens (including phenoxy) is 1. The Labute approximate surface area is 282 Å². The summed E-state index contributed by atoms with van der Waals surface area (Å²) in [6.45, 7) is 10.6. The molecule has 2 saturated carbocycles. The van der Waals surface area contributed by atoms with Crippen LogP contribution in [0.1, 0.15) is 96.1 Å². The number of terminal acetylenes is 1. The molecule has 8 nitrogen and oxygen atoms in total. The van der Waals surface area contributed by atoms with Gasteiger partial charge < -0.3 is 14.1 Å². The second kappa shape index (κ2) is 15.5. The van der Waals surface area contributed by atoms with E-state index < -0.39 is 11.6 Å². The van der Waals surface area contributed by atoms with Crippen molar-refractivity contribution in [3.05, 3.63) is 71.8 Å². The molecule has 0 N–H and O–H groups in total. The minimum absolute atomic E-state index is 0.232. The number of hydrogen-bond donors (Lipinski definition) is 0. The lowest BCUT2D eigenvalue weighted by atomic mass is 9.71. The number of benzene rings is 2. The van der Waals surface area contributed by atoms with Crippen molar-refractivity contribution in [3.63, 3.8) is 0 Å². The lowest BCUT2D eigenvalue weighted by molar-refractivity contribution is -0.935. The van der Waals surface area contributed by atoms with E-state index in [1.54, 1.807) is 4.90 Å². The predicted molar refractivity (Wildman–Crippen MR) is 181 cm³/mol. The van der Waals surface area contributed by atoms with E-state index in [2.05, 4.69) is 94.4 Å². The van der Waals surface area contributed by atoms with Gasteiger partial charge in [-0.3, -0.25) is 0 Å². The lowest BCUT2D eigenvalue weighted by Gasteiger charge is -2.48. The fourth-order valence-electron chi connectivity index (χ4n) is 7.35. The zero-order valence-electron chi connectivity index (χ0n) is 29.0. The van der Waals surface area contributed by atoms with Gasteiger partial charge >= 0.3 is 6.09 Å². The summed E-state index contributed by atoms with van der Waals surface area (Å²) in [7, 11) is 2.30. The zero-order valence-corrected chi connectivity index (χ0v) is 29.0. The van der Waals surface area contributed by atoms with E-state index in [1.165, 1.54) is 11.1 Å². The first kappa shape index (κ1) is 35.4. The summed E-state index contributed by atoms with van der Waals surface area (Å²) >= 11 is 0. The van der Waals surface area contributed by atoms with Crippen LogP contribution in [0.3, 0.4) is 0 Å². The third kappa shape index (κ3) is 9.81. The largest absolute Gasteiger partial charge is 0.446 e. The molecule has 2 aliphatic carbocycles. The topological polar surface area (TPSA) is 66.5 Å². The normalized spacial score (nSPS) is 26.5. The fraction of sp³-hybridized carbons (Fsp3) is 0.615. The highest BCUT2D eigenvalue weighted by molar-refractivity contribution is 5.67. The highest BCUT2D eigenvalue weighted by atomic mass is 17.4. The third-order valence-electron chi connectivity index (χ3n) is 10.3. The van der Waals surface area contributed by atoms with Crippen LogP contribution >= 0.6 is 0 Å². The van der Waals surface area contributed by atoms with Crippen LogP contribution in [0, 0.1) is 23.7 Å². The second-order valence-corrected chi connectivity index (χ2v) is 15.3. The van der Waals surface area contributed by atoms with Crippen LogP contribution in [-0.4, -0.2) is 59.8 Å². The smallest absolute Gasteiger partial charge is 0.410 e. The highest BCUT2D eigenvalue weighted by Gasteiger charge is 2.52. The van der Waals surface area contributed by atoms with E-state index in [-0.39, 0.29) is 17.6 Å². The lowest BCUT2D eigenvalue weighted by Crippen LogP contribution is -2.54. The van der Waals surface area contributed by atoms with E-state index in [0.29, 0.717) is 51.1 Å². The molecule has 2 spiro atoms. The van der Waals surface area contributed by atoms with Gasteiger partial charge in [-0.25, -0.2) is 4.79 Å². The number of rotatable bonds is 11. The molecular weight excluding hydrogens is 592 g/mol. The van der Waals surface area contributed by atoms with Crippen molar-refractivity contribution in [2.75, 3.05) is 26.7 Å². The molecule has 47 heavy (non-hydrogen) atoms. The fourth-order valence-corrected chi connectivity index (χ4v) is 7.35. The summed E-state index contributed by atoms with van der Waals surface area (Å²) in [5, 5.41) is 0. The quantitative estimate of drug-likeness (QED) is 0.139. The summed E-state index contributed by atoms with van der Waals surface area (Å²) in [6, 6.07) is 21.2. The van der Waals surface area contributed by atoms with Gasteiger partial charge in [0, 0.05) is 62.7 Å². The summed E-state index contributed by atoms with van der Waals surface area (Å²) in [5.74, 6) is 1.52. The van der Waals surface area contributed by atoms with Crippen molar-refractivity contribution in [3.8, 4) is 12.3 Å². The standard InChI is InChI=1S/C39H55N2O6/c1-6-7-27-40(28-14-29-41(5,30-32-15-10-8-11-16-32)31-33-17-12-9-13-18-33)36(42)43-35-21-25-39(26-22-35)46-44-38(45-47-39)23-19-34(20-24-38)37(2,3)4/h1,8-13,15-18,34-35H,7,14,19-31H2,2-5H3/q+1. The van der Waals surface area contributed by atoms with Gasteiger partial charge in [0.15, 0.2) is 0 Å². The molecule has 1 amide bonds. The highest BCUT2D eigenvalue weighted by Crippen LogP contribution is 2.48. The molecule has 3 fully saturated rings. The summed E-state index contributed by atoms with van der Waals surface area (Å²) in [4.78, 5) is 38.9. The van der Waals surface area contributed by atoms with Crippen LogP contribution in [0.4, 0.5) is 4.79 Å². The van der Waals surface area contributed by atoms with E-state index in [9.17, 15) is 4.79 Å². The van der Waals surface area contributed by atoms with Crippen LogP contribution in [0.25, 0.3) is 0 Å². The van der Waals surface area contributed by atoms with Gasteiger partial charge in [-0.1, -0.05) is 81.4 Å². The Morgan fingerprint density at radius 2 is 1.34 bits per heavy atom. The average Bonchev–Trinajstić information content (AvgIpc) is 3.06. The Morgan fingerprint density at radius 1 is 0.851 bits per heavy atom. The molecule has 0 unspecified atom stereocenters. The van der Waals surface area contributed by atoms with Crippen LogP contribution in [-0.2, 0) is 37.4 Å². The van der Waals surface area contributed by atoms with Crippen molar-refractivity contribution < 1.29 is 33.6 Å². The number of nitrogens with zero attached hydrogens (tertiary/aromatic N) is 2. The molecule has 3 aliphatic rings. The number of carbonyl (C=O) groups is 1. The molecular formula is C39H55N2O6+. The molecule has 1 aliphatic heterocycles. The summed E-state index contributed by atoms with van der Waals surface area (Å²) in [5.41, 5.74) is 2.86. The molecule has 0 radical (unpaired) electrons. The Morgan fingerprint density at radius 3 is 1.81 bits per heavy atom. The van der Waals surface area contributed by atoms with Gasteiger partial charge in [-0.05, 0) is 37.0 Å². The third-order valence-corrected chi connectivity index (χ3v) is 10.3. The summed E-state index contributed by atoms with van der Waals surface area (Å²) < 4.78 is 6.87. The van der Waals surface area contributed by atoms with Crippen molar-refractivity contribution in [2.45, 2.75) is 116 Å². The van der Waals surface area contributed by atoms with Gasteiger partial charge in [0.05, 0.1) is 13.6 Å². The number of carbonyl (C=O) groups excluding carboxylic acids is 1. The van der Waals surface area contributed by atoms with Gasteiger partial charge in [0.25, 0.3) is 0 Å². The van der Waals surface area contributed by atoms with Crippen molar-refractivity contribution >= 4 is 6.09 Å². The van der Waals surface area contributed by atoms with Gasteiger partial charge in [0.1, 0.15) is 19.2 Å². The minimum Gasteiger partial charge on any atom is -0.446 e. The number of amides is 1. The molecule has 8 heteroatoms. The first-order valence-corrected chi connectivity index (χ1v) is 17.6. The maximum atomic E-state index is 13.4. The monoisotopic (exact) mass is 647 g/mol. The molecule has 256 valence electrons. The zero-order chi connectivity index (χ0) is 33.4. The molecule has 1 heterocycles. The average molecular weight is 648 g/mol. The minimum atomic E-state index is -0.960. The molecule has 0 atom stereocenters. The molecule has 1 saturated heterocycles. The summed E-state index contributed by atoms with van der Waals surface area (Å²) in [6.07, 6.45) is 12.1. The first-order chi connectivity index (χ1) is 22.5. The Bertz CT molecular complexity index is 1250. The number of quaternary nitrogens is 1. The maximum absolute atomic E-state index is 13.4. The Hall–Kier alpha value is -2.93. The van der Waals surface area contributed by atoms with Crippen LogP contribution in [0.2, 0.25) is 0 Å². The predicted octanol–water partition coefficient (Wildman–Crippen LogP) is 8.17. The molecule has 0 bridgehead atoms. The molecule has 2 aromatic rings. The Kier molecular flexibility index (Phi) is 11.7. The van der Waals surface area contributed by atoms with Crippen molar-refractivity contribution in [1.29, 1.82) is 0 Å². The van der Waals surface area contributed by atoms with E-state index in [1.807, 2.05) is 0 Å².